The molecule has 0 aliphatic rings. The predicted molar refractivity (Wildman–Crippen MR) is 29.1 cm³/mol. The highest BCUT2D eigenvalue weighted by atomic mass is 27.0. The molecule has 0 aliphatic heterocycles. The van der Waals surface area contributed by atoms with E-state index < -0.39 is 0 Å². The van der Waals surface area contributed by atoms with Gasteiger partial charge in [-0.25, -0.2) is 6.08 Å². The van der Waals surface area contributed by atoms with Crippen molar-refractivity contribution in [2.45, 2.75) is 0 Å². The largest absolute Gasteiger partial charge is 0.292 e. The third-order valence-corrected chi connectivity index (χ3v) is 0.192. The van der Waals surface area contributed by atoms with E-state index in [0.717, 1.165) is 0 Å². The molecule has 0 bridgehead atoms. The van der Waals surface area contributed by atoms with Crippen molar-refractivity contribution >= 4 is 17.4 Å². The molecule has 6 heavy (non-hydrogen) atoms. The van der Waals surface area contributed by atoms with Gasteiger partial charge in [0.2, 0.25) is 0 Å². The second-order valence-corrected chi connectivity index (χ2v) is 0.526. The van der Waals surface area contributed by atoms with E-state index in [1.54, 1.807) is 0 Å². The molecule has 0 fully saturated rings. The molecule has 0 amide bonds. The molecule has 1 heteroatoms. The van der Waals surface area contributed by atoms with Crippen molar-refractivity contribution in [1.29, 1.82) is 0 Å². The summed E-state index contributed by atoms with van der Waals surface area (Å²) in [7, 11) is 0. The highest BCUT2D eigenvalue weighted by Gasteiger charge is 1.27. The van der Waals surface area contributed by atoms with Gasteiger partial charge in [-0.05, 0) is 0 Å². The van der Waals surface area contributed by atoms with Crippen molar-refractivity contribution in [2.75, 3.05) is 0 Å². The second-order valence-electron chi connectivity index (χ2n) is 0.526. The lowest BCUT2D eigenvalue weighted by Gasteiger charge is -1.58. The van der Waals surface area contributed by atoms with Crippen LogP contribution in [0.2, 0.25) is 0 Å². The lowest BCUT2D eigenvalue weighted by molar-refractivity contribution is 2.06. The lowest BCUT2D eigenvalue weighted by Crippen LogP contribution is -1.27. The van der Waals surface area contributed by atoms with Gasteiger partial charge in [0.1, 0.15) is 0 Å². The average Bonchev–Trinajstić information content (AvgIpc) is 1.41. The highest BCUT2D eigenvalue weighted by molar-refractivity contribution is 5.75. The zero-order valence-corrected chi connectivity index (χ0v) is 4.54. The molecule has 0 spiro atoms. The molecule has 0 aliphatic carbocycles. The van der Waals surface area contributed by atoms with Crippen LogP contribution in [0.1, 0.15) is 1.43 Å². The first-order valence-electron chi connectivity index (χ1n) is 1.24. The average molecular weight is 93.1 g/mol. The van der Waals surface area contributed by atoms with Crippen LogP contribution in [-0.4, -0.2) is 17.4 Å². The van der Waals surface area contributed by atoms with Crippen molar-refractivity contribution in [3.63, 3.8) is 0 Å². The molecular formula is C5H6Al. The van der Waals surface area contributed by atoms with Gasteiger partial charge in [-0.1, -0.05) is 5.73 Å². The van der Waals surface area contributed by atoms with Gasteiger partial charge in [0.25, 0.3) is 0 Å². The number of hydrogen-bond acceptors (Lipinski definition) is 0. The Morgan fingerprint density at radius 3 is 2.33 bits per heavy atom. The van der Waals surface area contributed by atoms with E-state index >= 15 is 0 Å². The van der Waals surface area contributed by atoms with Gasteiger partial charge in [-0.2, -0.15) is 0 Å². The smallest absolute Gasteiger partial charge is 0.0603 e. The van der Waals surface area contributed by atoms with Crippen molar-refractivity contribution in [2.24, 2.45) is 0 Å². The molecule has 0 saturated carbocycles. The minimum Gasteiger partial charge on any atom is -0.292 e. The van der Waals surface area contributed by atoms with E-state index in [9.17, 15) is 0 Å². The topological polar surface area (TPSA) is 0 Å². The standard InChI is InChI=1S/C5H4.Al.H2/c1-3-5-4-2;;/h1-3,5H;;1H. The zero-order valence-electron chi connectivity index (χ0n) is 3.39. The molecule has 0 atom stereocenters. The first kappa shape index (κ1) is 9.20. The van der Waals surface area contributed by atoms with Gasteiger partial charge < -0.3 is 0 Å². The van der Waals surface area contributed by atoms with Gasteiger partial charge in [0, 0.05) is 18.8 Å². The maximum atomic E-state index is 4.82. The summed E-state index contributed by atoms with van der Waals surface area (Å²) in [4.78, 5) is 0. The molecule has 0 aromatic rings. The number of rotatable bonds is 1. The quantitative estimate of drug-likeness (QED) is 0.196. The van der Waals surface area contributed by atoms with E-state index in [1.807, 2.05) is 0 Å². The molecule has 3 radical (unpaired) electrons. The maximum absolute atomic E-state index is 4.82. The Morgan fingerprint density at radius 1 is 1.83 bits per heavy atom. The molecule has 0 aromatic heterocycles. The predicted octanol–water partition coefficient (Wildman–Crippen LogP) is 0.985. The third-order valence-electron chi connectivity index (χ3n) is 0.192. The zero-order chi connectivity index (χ0) is 4.12. The molecule has 0 nitrogen and oxygen atoms in total. The van der Waals surface area contributed by atoms with Crippen LogP contribution in [0.3, 0.4) is 0 Å². The molecule has 0 unspecified atom stereocenters. The fourth-order valence-corrected chi connectivity index (χ4v) is 0.0556. The van der Waals surface area contributed by atoms with E-state index in [4.69, 9.17) is 13.2 Å². The van der Waals surface area contributed by atoms with Gasteiger partial charge in [0.05, 0.1) is 6.58 Å². The molecule has 0 saturated heterocycles. The van der Waals surface area contributed by atoms with Crippen LogP contribution in [0, 0.1) is 13.2 Å². The van der Waals surface area contributed by atoms with Crippen LogP contribution in [0.4, 0.5) is 0 Å². The minimum atomic E-state index is 0. The first-order chi connectivity index (χ1) is 2.41. The molecule has 0 aromatic carbocycles. The fourth-order valence-electron chi connectivity index (χ4n) is 0.0556. The van der Waals surface area contributed by atoms with Crippen molar-refractivity contribution in [1.82, 2.24) is 0 Å². The van der Waals surface area contributed by atoms with Gasteiger partial charge in [-0.3, -0.25) is 6.58 Å². The van der Waals surface area contributed by atoms with Crippen LogP contribution in [0.5, 0.6) is 0 Å². The minimum absolute atomic E-state index is 0. The van der Waals surface area contributed by atoms with E-state index in [0.29, 0.717) is 0 Å². The summed E-state index contributed by atoms with van der Waals surface area (Å²) < 4.78 is 0. The van der Waals surface area contributed by atoms with Gasteiger partial charge in [-0.15, -0.1) is 6.08 Å². The summed E-state index contributed by atoms with van der Waals surface area (Å²) in [6.07, 6.45) is 2.75. The number of allylic oxidation sites excluding steroid dienone is 2. The number of hydrogen-bond donors (Lipinski definition) is 0. The summed E-state index contributed by atoms with van der Waals surface area (Å²) >= 11 is 0. The van der Waals surface area contributed by atoms with E-state index in [1.165, 1.54) is 12.2 Å². The van der Waals surface area contributed by atoms with E-state index in [-0.39, 0.29) is 18.8 Å². The first-order valence-corrected chi connectivity index (χ1v) is 1.24. The molecular weight excluding hydrogens is 87.0 g/mol. The highest BCUT2D eigenvalue weighted by Crippen LogP contribution is 1.56. The molecule has 0 heterocycles. The normalized spacial score (nSPS) is 3.83. The third kappa shape index (κ3) is 9.33. The fraction of sp³-hybridized carbons (Fsp3) is 0. The Kier molecular flexibility index (Phi) is 13.5. The summed E-state index contributed by atoms with van der Waals surface area (Å²) in [5, 5.41) is 0. The van der Waals surface area contributed by atoms with Crippen LogP contribution in [0.25, 0.3) is 0 Å². The Labute approximate surface area is 50.5 Å². The molecule has 0 N–H and O–H groups in total. The summed E-state index contributed by atoms with van der Waals surface area (Å²) in [6, 6.07) is 0. The van der Waals surface area contributed by atoms with Gasteiger partial charge >= 0.3 is 0 Å². The van der Waals surface area contributed by atoms with E-state index in [2.05, 4.69) is 5.73 Å². The van der Waals surface area contributed by atoms with Crippen molar-refractivity contribution in [3.8, 4) is 0 Å². The van der Waals surface area contributed by atoms with Crippen LogP contribution < -0.4 is 0 Å². The Balaban J connectivity index is -0.0000000800. The maximum Gasteiger partial charge on any atom is 0.0603 e. The second kappa shape index (κ2) is 8.83. The van der Waals surface area contributed by atoms with Gasteiger partial charge in [0.15, 0.2) is 0 Å². The molecule has 0 rings (SSSR count). The Morgan fingerprint density at radius 2 is 2.33 bits per heavy atom. The Bertz CT molecular complexity index is 72.1. The van der Waals surface area contributed by atoms with Crippen LogP contribution in [0.15, 0.2) is 17.9 Å². The van der Waals surface area contributed by atoms with Crippen LogP contribution in [-0.2, 0) is 0 Å². The summed E-state index contributed by atoms with van der Waals surface area (Å²) in [5.41, 5.74) is 2.21. The lowest BCUT2D eigenvalue weighted by atomic mass is 10.6. The van der Waals surface area contributed by atoms with Crippen molar-refractivity contribution in [3.05, 3.63) is 31.0 Å². The Hall–Kier alpha value is -0.298. The summed E-state index contributed by atoms with van der Waals surface area (Å²) in [5.74, 6) is 0. The van der Waals surface area contributed by atoms with Crippen molar-refractivity contribution < 1.29 is 1.43 Å². The summed E-state index contributed by atoms with van der Waals surface area (Å²) in [6.45, 7) is 9.54. The molecule has 29 valence electrons. The van der Waals surface area contributed by atoms with Crippen LogP contribution >= 0.6 is 0 Å². The SMILES string of the molecule is [Al].[CH+]=C=CC=[CH-].[HH]. The monoisotopic (exact) mass is 93.0 g/mol.